The van der Waals surface area contributed by atoms with Gasteiger partial charge in [-0.25, -0.2) is 0 Å². The molecule has 0 heterocycles. The van der Waals surface area contributed by atoms with Gasteiger partial charge in [0, 0.05) is 0 Å². The van der Waals surface area contributed by atoms with Crippen molar-refractivity contribution in [2.24, 2.45) is 5.73 Å². The number of hydrogen-bond donors (Lipinski definition) is 2. The summed E-state index contributed by atoms with van der Waals surface area (Å²) in [6.45, 7) is 3.79. The Hall–Kier alpha value is -1.88. The number of carbonyl (C=O) groups is 2. The molecule has 1 aromatic rings. The largest absolute Gasteiger partial charge is 0.465 e. The van der Waals surface area contributed by atoms with E-state index < -0.39 is 17.9 Å². The number of amides is 1. The van der Waals surface area contributed by atoms with Crippen molar-refractivity contribution in [2.45, 2.75) is 19.9 Å². The quantitative estimate of drug-likeness (QED) is 0.753. The van der Waals surface area contributed by atoms with Gasteiger partial charge in [0.05, 0.1) is 6.61 Å². The summed E-state index contributed by atoms with van der Waals surface area (Å²) in [6, 6.07) is 6.58. The zero-order chi connectivity index (χ0) is 13.5. The first-order valence-electron chi connectivity index (χ1n) is 5.80. The highest BCUT2D eigenvalue weighted by Gasteiger charge is 2.16. The SMILES string of the molecule is CCOC(=O)CNC(=O)C(N)c1ccc(C)cc1. The molecule has 0 aromatic heterocycles. The smallest absolute Gasteiger partial charge is 0.325 e. The van der Waals surface area contributed by atoms with E-state index in [-0.39, 0.29) is 6.54 Å². The highest BCUT2D eigenvalue weighted by molar-refractivity contribution is 5.86. The lowest BCUT2D eigenvalue weighted by atomic mass is 10.1. The second-order valence-electron chi connectivity index (χ2n) is 3.91. The predicted octanol–water partition coefficient (Wildman–Crippen LogP) is 0.674. The van der Waals surface area contributed by atoms with Gasteiger partial charge < -0.3 is 15.8 Å². The van der Waals surface area contributed by atoms with E-state index in [0.717, 1.165) is 5.56 Å². The predicted molar refractivity (Wildman–Crippen MR) is 67.8 cm³/mol. The molecule has 98 valence electrons. The van der Waals surface area contributed by atoms with Crippen LogP contribution in [0.4, 0.5) is 0 Å². The van der Waals surface area contributed by atoms with Crippen LogP contribution in [0.25, 0.3) is 0 Å². The van der Waals surface area contributed by atoms with Crippen LogP contribution >= 0.6 is 0 Å². The van der Waals surface area contributed by atoms with Crippen molar-refractivity contribution in [3.8, 4) is 0 Å². The summed E-state index contributed by atoms with van der Waals surface area (Å²) in [6.07, 6.45) is 0. The standard InChI is InChI=1S/C13H18N2O3/c1-3-18-11(16)8-15-13(17)12(14)10-6-4-9(2)5-7-10/h4-7,12H,3,8,14H2,1-2H3,(H,15,17). The molecule has 18 heavy (non-hydrogen) atoms. The van der Waals surface area contributed by atoms with Crippen LogP contribution in [-0.4, -0.2) is 25.0 Å². The van der Waals surface area contributed by atoms with Crippen LogP contribution < -0.4 is 11.1 Å². The highest BCUT2D eigenvalue weighted by atomic mass is 16.5. The van der Waals surface area contributed by atoms with Gasteiger partial charge in [-0.15, -0.1) is 0 Å². The molecule has 5 nitrogen and oxygen atoms in total. The second kappa shape index (κ2) is 6.76. The number of benzene rings is 1. The van der Waals surface area contributed by atoms with Gasteiger partial charge >= 0.3 is 5.97 Å². The molecule has 3 N–H and O–H groups in total. The van der Waals surface area contributed by atoms with E-state index in [0.29, 0.717) is 12.2 Å². The third kappa shape index (κ3) is 4.18. The number of ether oxygens (including phenoxy) is 1. The maximum Gasteiger partial charge on any atom is 0.325 e. The first-order chi connectivity index (χ1) is 8.54. The van der Waals surface area contributed by atoms with Gasteiger partial charge in [-0.05, 0) is 19.4 Å². The molecule has 1 atom stereocenters. The molecule has 1 amide bonds. The van der Waals surface area contributed by atoms with Crippen molar-refractivity contribution in [1.82, 2.24) is 5.32 Å². The van der Waals surface area contributed by atoms with Crippen LogP contribution in [-0.2, 0) is 14.3 Å². The molecule has 1 aromatic carbocycles. The zero-order valence-corrected chi connectivity index (χ0v) is 10.6. The third-order valence-corrected chi connectivity index (χ3v) is 2.43. The lowest BCUT2D eigenvalue weighted by molar-refractivity contribution is -0.143. The van der Waals surface area contributed by atoms with Crippen molar-refractivity contribution < 1.29 is 14.3 Å². The van der Waals surface area contributed by atoms with Gasteiger partial charge in [0.25, 0.3) is 0 Å². The summed E-state index contributed by atoms with van der Waals surface area (Å²) >= 11 is 0. The van der Waals surface area contributed by atoms with Gasteiger partial charge in [-0.1, -0.05) is 29.8 Å². The summed E-state index contributed by atoms with van der Waals surface area (Å²) in [5, 5.41) is 2.44. The van der Waals surface area contributed by atoms with Crippen LogP contribution in [0.3, 0.4) is 0 Å². The van der Waals surface area contributed by atoms with Crippen molar-refractivity contribution in [3.05, 3.63) is 35.4 Å². The molecule has 0 saturated heterocycles. The second-order valence-corrected chi connectivity index (χ2v) is 3.91. The summed E-state index contributed by atoms with van der Waals surface area (Å²) < 4.78 is 4.70. The van der Waals surface area contributed by atoms with Gasteiger partial charge in [0.15, 0.2) is 0 Å². The minimum atomic E-state index is -0.778. The number of esters is 1. The van der Waals surface area contributed by atoms with E-state index in [2.05, 4.69) is 5.32 Å². The number of nitrogens with two attached hydrogens (primary N) is 1. The fourth-order valence-corrected chi connectivity index (χ4v) is 1.41. The summed E-state index contributed by atoms with van der Waals surface area (Å²) in [7, 11) is 0. The van der Waals surface area contributed by atoms with E-state index >= 15 is 0 Å². The topological polar surface area (TPSA) is 81.4 Å². The summed E-state index contributed by atoms with van der Waals surface area (Å²) in [5.41, 5.74) is 7.59. The molecule has 0 spiro atoms. The van der Waals surface area contributed by atoms with Crippen molar-refractivity contribution in [3.63, 3.8) is 0 Å². The average Bonchev–Trinajstić information content (AvgIpc) is 2.36. The minimum Gasteiger partial charge on any atom is -0.465 e. The first kappa shape index (κ1) is 14.2. The number of hydrogen-bond acceptors (Lipinski definition) is 4. The Bertz CT molecular complexity index is 415. The Morgan fingerprint density at radius 2 is 1.94 bits per heavy atom. The van der Waals surface area contributed by atoms with E-state index in [9.17, 15) is 9.59 Å². The molecule has 0 aliphatic carbocycles. The molecule has 0 radical (unpaired) electrons. The fraction of sp³-hybridized carbons (Fsp3) is 0.385. The van der Waals surface area contributed by atoms with Gasteiger partial charge in [0.1, 0.15) is 12.6 Å². The minimum absolute atomic E-state index is 0.160. The van der Waals surface area contributed by atoms with Crippen LogP contribution in [0.1, 0.15) is 24.1 Å². The van der Waals surface area contributed by atoms with E-state index in [1.807, 2.05) is 19.1 Å². The van der Waals surface area contributed by atoms with Gasteiger partial charge in [0.2, 0.25) is 5.91 Å². The number of carbonyl (C=O) groups excluding carboxylic acids is 2. The lowest BCUT2D eigenvalue weighted by Gasteiger charge is -2.12. The third-order valence-electron chi connectivity index (χ3n) is 2.43. The Morgan fingerprint density at radius 3 is 2.50 bits per heavy atom. The molecule has 5 heteroatoms. The maximum atomic E-state index is 11.7. The summed E-state index contributed by atoms with van der Waals surface area (Å²) in [5.74, 6) is -0.867. The van der Waals surface area contributed by atoms with Crippen LogP contribution in [0.15, 0.2) is 24.3 Å². The molecule has 0 saturated carbocycles. The van der Waals surface area contributed by atoms with Crippen LogP contribution in [0, 0.1) is 6.92 Å². The first-order valence-corrected chi connectivity index (χ1v) is 5.80. The molecule has 0 aliphatic heterocycles. The Balaban J connectivity index is 2.51. The lowest BCUT2D eigenvalue weighted by Crippen LogP contribution is -2.37. The normalized spacial score (nSPS) is 11.7. The number of aryl methyl sites for hydroxylation is 1. The Kier molecular flexibility index (Phi) is 5.32. The number of rotatable bonds is 5. The van der Waals surface area contributed by atoms with E-state index in [4.69, 9.17) is 10.5 Å². The van der Waals surface area contributed by atoms with Crippen molar-refractivity contribution in [2.75, 3.05) is 13.2 Å². The van der Waals surface area contributed by atoms with E-state index in [1.54, 1.807) is 19.1 Å². The fourth-order valence-electron chi connectivity index (χ4n) is 1.41. The van der Waals surface area contributed by atoms with Gasteiger partial charge in [-0.2, -0.15) is 0 Å². The van der Waals surface area contributed by atoms with Crippen molar-refractivity contribution in [1.29, 1.82) is 0 Å². The zero-order valence-electron chi connectivity index (χ0n) is 10.6. The number of nitrogens with one attached hydrogen (secondary N) is 1. The average molecular weight is 250 g/mol. The molecule has 0 aliphatic rings. The van der Waals surface area contributed by atoms with Gasteiger partial charge in [-0.3, -0.25) is 9.59 Å². The van der Waals surface area contributed by atoms with Crippen LogP contribution in [0.5, 0.6) is 0 Å². The molecule has 1 unspecified atom stereocenters. The van der Waals surface area contributed by atoms with Crippen molar-refractivity contribution >= 4 is 11.9 Å². The Morgan fingerprint density at radius 1 is 1.33 bits per heavy atom. The summed E-state index contributed by atoms with van der Waals surface area (Å²) in [4.78, 5) is 22.8. The van der Waals surface area contributed by atoms with E-state index in [1.165, 1.54) is 0 Å². The highest BCUT2D eigenvalue weighted by Crippen LogP contribution is 2.11. The maximum absolute atomic E-state index is 11.7. The molecular formula is C13H18N2O3. The molecule has 0 fully saturated rings. The Labute approximate surface area is 106 Å². The molecule has 0 bridgehead atoms. The van der Waals surface area contributed by atoms with Crippen LogP contribution in [0.2, 0.25) is 0 Å². The monoisotopic (exact) mass is 250 g/mol. The molecular weight excluding hydrogens is 232 g/mol. The molecule has 1 rings (SSSR count).